The molecule has 0 radical (unpaired) electrons. The first-order chi connectivity index (χ1) is 10.9. The van der Waals surface area contributed by atoms with Gasteiger partial charge in [-0.3, -0.25) is 9.59 Å². The number of hydrogen-bond donors (Lipinski definition) is 1. The van der Waals surface area contributed by atoms with Gasteiger partial charge in [0.1, 0.15) is 5.82 Å². The molecule has 1 N–H and O–H groups in total. The average molecular weight is 369 g/mol. The lowest BCUT2D eigenvalue weighted by Gasteiger charge is -2.08. The Morgan fingerprint density at radius 3 is 2.48 bits per heavy atom. The summed E-state index contributed by atoms with van der Waals surface area (Å²) in [5.74, 6) is -1.16. The topological polar surface area (TPSA) is 54.9 Å². The maximum atomic E-state index is 13.0. The van der Waals surface area contributed by atoms with Gasteiger partial charge in [0.05, 0.1) is 15.9 Å². The summed E-state index contributed by atoms with van der Waals surface area (Å²) in [5.41, 5.74) is -0.225. The van der Waals surface area contributed by atoms with Crippen LogP contribution in [0.2, 0.25) is 10.0 Å². The van der Waals surface area contributed by atoms with Gasteiger partial charge in [-0.05, 0) is 48.6 Å². The van der Waals surface area contributed by atoms with Crippen LogP contribution in [0.5, 0.6) is 0 Å². The van der Waals surface area contributed by atoms with E-state index < -0.39 is 17.3 Å². The van der Waals surface area contributed by atoms with E-state index in [2.05, 4.69) is 4.98 Å². The van der Waals surface area contributed by atoms with Crippen molar-refractivity contribution in [3.05, 3.63) is 72.9 Å². The van der Waals surface area contributed by atoms with Crippen molar-refractivity contribution in [2.75, 3.05) is 0 Å². The first kappa shape index (κ1) is 15.9. The fourth-order valence-electron chi connectivity index (χ4n) is 2.15. The molecule has 0 bridgehead atoms. The van der Waals surface area contributed by atoms with Gasteiger partial charge in [0, 0.05) is 10.6 Å². The molecule has 0 aliphatic rings. The lowest BCUT2D eigenvalue weighted by atomic mass is 10.2. The van der Waals surface area contributed by atoms with Crippen LogP contribution in [0, 0.1) is 10.6 Å². The molecule has 3 rings (SSSR count). The number of carbonyl (C=O) groups is 1. The van der Waals surface area contributed by atoms with Gasteiger partial charge in [0.2, 0.25) is 0 Å². The Hall–Kier alpha value is -2.02. The van der Waals surface area contributed by atoms with Crippen molar-refractivity contribution in [2.24, 2.45) is 0 Å². The quantitative estimate of drug-likeness (QED) is 0.655. The molecule has 3 aromatic rings. The Morgan fingerprint density at radius 1 is 1.17 bits per heavy atom. The first-order valence-electron chi connectivity index (χ1n) is 6.33. The number of halogens is 3. The molecule has 0 unspecified atom stereocenters. The minimum atomic E-state index is -0.672. The molecular formula is C15H7Cl2FN2O2S. The number of rotatable bonds is 1. The smallest absolute Gasteiger partial charge is 0.269 e. The van der Waals surface area contributed by atoms with E-state index in [1.807, 2.05) is 0 Å². The first-order valence-corrected chi connectivity index (χ1v) is 7.49. The number of aromatic nitrogens is 2. The van der Waals surface area contributed by atoms with E-state index in [9.17, 15) is 14.0 Å². The van der Waals surface area contributed by atoms with Gasteiger partial charge in [-0.1, -0.05) is 23.2 Å². The number of aromatic amines is 1. The molecule has 0 fully saturated rings. The van der Waals surface area contributed by atoms with Crippen LogP contribution in [0.15, 0.2) is 41.2 Å². The molecule has 0 saturated heterocycles. The Labute approximate surface area is 144 Å². The van der Waals surface area contributed by atoms with Crippen LogP contribution in [-0.4, -0.2) is 15.5 Å². The summed E-state index contributed by atoms with van der Waals surface area (Å²) < 4.78 is 13.7. The van der Waals surface area contributed by atoms with E-state index in [1.165, 1.54) is 24.3 Å². The molecule has 0 spiro atoms. The van der Waals surface area contributed by atoms with E-state index in [0.717, 1.165) is 16.7 Å². The molecule has 0 amide bonds. The van der Waals surface area contributed by atoms with E-state index in [0.29, 0.717) is 5.52 Å². The van der Waals surface area contributed by atoms with Crippen LogP contribution >= 0.6 is 35.4 Å². The number of benzene rings is 2. The van der Waals surface area contributed by atoms with Crippen LogP contribution in [0.4, 0.5) is 4.39 Å². The largest absolute Gasteiger partial charge is 0.330 e. The average Bonchev–Trinajstić information content (AvgIpc) is 2.49. The van der Waals surface area contributed by atoms with Crippen LogP contribution in [0.3, 0.4) is 0 Å². The molecule has 23 heavy (non-hydrogen) atoms. The SMILES string of the molecule is O=C(c1ccc(F)cc1)n1c(=S)[nH]c2c(Cl)cc(Cl)cc2c1=O. The summed E-state index contributed by atoms with van der Waals surface area (Å²) >= 11 is 17.0. The van der Waals surface area contributed by atoms with Crippen molar-refractivity contribution < 1.29 is 9.18 Å². The molecule has 0 saturated carbocycles. The third kappa shape index (κ3) is 2.81. The second kappa shape index (κ2) is 5.88. The third-order valence-electron chi connectivity index (χ3n) is 3.22. The fraction of sp³-hybridized carbons (Fsp3) is 0. The zero-order valence-electron chi connectivity index (χ0n) is 11.3. The van der Waals surface area contributed by atoms with Gasteiger partial charge in [-0.2, -0.15) is 0 Å². The van der Waals surface area contributed by atoms with Crippen LogP contribution < -0.4 is 5.56 Å². The van der Waals surface area contributed by atoms with Gasteiger partial charge < -0.3 is 4.98 Å². The molecule has 0 aliphatic heterocycles. The minimum Gasteiger partial charge on any atom is -0.330 e. The van der Waals surface area contributed by atoms with E-state index >= 15 is 0 Å². The highest BCUT2D eigenvalue weighted by Crippen LogP contribution is 2.24. The predicted molar refractivity (Wildman–Crippen MR) is 89.5 cm³/mol. The fourth-order valence-corrected chi connectivity index (χ4v) is 2.96. The highest BCUT2D eigenvalue weighted by molar-refractivity contribution is 7.71. The van der Waals surface area contributed by atoms with Crippen molar-refractivity contribution in [1.29, 1.82) is 0 Å². The second-order valence-corrected chi connectivity index (χ2v) is 5.92. The molecule has 4 nitrogen and oxygen atoms in total. The number of carbonyl (C=O) groups excluding carboxylic acids is 1. The third-order valence-corrected chi connectivity index (χ3v) is 4.02. The summed E-state index contributed by atoms with van der Waals surface area (Å²) in [5, 5.41) is 0.606. The van der Waals surface area contributed by atoms with E-state index in [4.69, 9.17) is 35.4 Å². The van der Waals surface area contributed by atoms with Gasteiger partial charge in [0.15, 0.2) is 4.77 Å². The van der Waals surface area contributed by atoms with Gasteiger partial charge in [-0.15, -0.1) is 0 Å². The number of H-pyrrole nitrogens is 1. The van der Waals surface area contributed by atoms with E-state index in [1.54, 1.807) is 0 Å². The molecule has 0 atom stereocenters. The second-order valence-electron chi connectivity index (χ2n) is 4.69. The Balaban J connectivity index is 2.30. The van der Waals surface area contributed by atoms with Crippen molar-refractivity contribution in [3.63, 3.8) is 0 Å². The Kier molecular flexibility index (Phi) is 4.06. The molecule has 8 heteroatoms. The summed E-state index contributed by atoms with van der Waals surface area (Å²) in [6, 6.07) is 7.65. The Bertz CT molecular complexity index is 1060. The van der Waals surface area contributed by atoms with Gasteiger partial charge in [-0.25, -0.2) is 8.96 Å². The van der Waals surface area contributed by atoms with E-state index in [-0.39, 0.29) is 25.8 Å². The zero-order valence-corrected chi connectivity index (χ0v) is 13.6. The highest BCUT2D eigenvalue weighted by atomic mass is 35.5. The predicted octanol–water partition coefficient (Wildman–Crippen LogP) is 4.19. The lowest BCUT2D eigenvalue weighted by molar-refractivity contribution is 0.0953. The van der Waals surface area contributed by atoms with Crippen LogP contribution in [-0.2, 0) is 0 Å². The molecule has 0 aliphatic carbocycles. The van der Waals surface area contributed by atoms with Crippen LogP contribution in [0.1, 0.15) is 10.4 Å². The number of fused-ring (bicyclic) bond motifs is 1. The maximum absolute atomic E-state index is 13.0. The summed E-state index contributed by atoms with van der Waals surface area (Å²) in [7, 11) is 0. The standard InChI is InChI=1S/C15H7Cl2FN2O2S/c16-8-5-10-12(11(17)6-8)19-15(23)20(14(10)22)13(21)7-1-3-9(18)4-2-7/h1-6H,(H,19,23). The summed E-state index contributed by atoms with van der Waals surface area (Å²) in [4.78, 5) is 27.8. The zero-order chi connectivity index (χ0) is 16.7. The number of hydrogen-bond acceptors (Lipinski definition) is 3. The molecule has 2 aromatic carbocycles. The van der Waals surface area contributed by atoms with Gasteiger partial charge in [0.25, 0.3) is 11.5 Å². The monoisotopic (exact) mass is 368 g/mol. The molecule has 1 aromatic heterocycles. The van der Waals surface area contributed by atoms with Crippen molar-refractivity contribution in [3.8, 4) is 0 Å². The van der Waals surface area contributed by atoms with Crippen LogP contribution in [0.25, 0.3) is 10.9 Å². The maximum Gasteiger partial charge on any atom is 0.269 e. The Morgan fingerprint density at radius 2 is 1.83 bits per heavy atom. The molecular weight excluding hydrogens is 362 g/mol. The minimum absolute atomic E-state index is 0.110. The molecule has 1 heterocycles. The highest BCUT2D eigenvalue weighted by Gasteiger charge is 2.16. The van der Waals surface area contributed by atoms with Gasteiger partial charge >= 0.3 is 0 Å². The summed E-state index contributed by atoms with van der Waals surface area (Å²) in [6.07, 6.45) is 0. The number of nitrogens with zero attached hydrogens (tertiary/aromatic N) is 1. The lowest BCUT2D eigenvalue weighted by Crippen LogP contribution is -2.29. The summed E-state index contributed by atoms with van der Waals surface area (Å²) in [6.45, 7) is 0. The van der Waals surface area contributed by atoms with Crippen molar-refractivity contribution in [1.82, 2.24) is 9.55 Å². The van der Waals surface area contributed by atoms with Crippen molar-refractivity contribution in [2.45, 2.75) is 0 Å². The number of nitrogens with one attached hydrogen (secondary N) is 1. The molecule has 116 valence electrons. The van der Waals surface area contributed by atoms with Crippen molar-refractivity contribution >= 4 is 52.2 Å². The normalized spacial score (nSPS) is 10.9.